The van der Waals surface area contributed by atoms with Gasteiger partial charge in [-0.3, -0.25) is 0 Å². The standard InChI is InChI=1S/C11H8BrF2NO2/c12-6-4-7(13)10(17)8(9(6)14)11(15-5-16)2-1-3-11/h4,17H,1-3H2. The third-order valence-corrected chi connectivity index (χ3v) is 3.63. The normalized spacial score (nSPS) is 17.1. The zero-order valence-electron chi connectivity index (χ0n) is 8.64. The number of nitrogens with zero attached hydrogens (tertiary/aromatic N) is 1. The summed E-state index contributed by atoms with van der Waals surface area (Å²) in [6, 6.07) is 0.838. The van der Waals surface area contributed by atoms with E-state index < -0.39 is 22.9 Å². The summed E-state index contributed by atoms with van der Waals surface area (Å²) in [5.74, 6) is -2.52. The number of hydrogen-bond donors (Lipinski definition) is 1. The zero-order valence-corrected chi connectivity index (χ0v) is 10.2. The summed E-state index contributed by atoms with van der Waals surface area (Å²) in [6.45, 7) is 0. The molecule has 0 unspecified atom stereocenters. The molecule has 0 aliphatic heterocycles. The summed E-state index contributed by atoms with van der Waals surface area (Å²) in [4.78, 5) is 13.9. The lowest BCUT2D eigenvalue weighted by Crippen LogP contribution is -2.33. The number of aliphatic imine (C=N–C) groups is 1. The molecule has 0 heterocycles. The fourth-order valence-corrected chi connectivity index (χ4v) is 2.43. The number of halogens is 3. The first-order valence-electron chi connectivity index (χ1n) is 4.98. The second-order valence-electron chi connectivity index (χ2n) is 3.97. The second-order valence-corrected chi connectivity index (χ2v) is 4.82. The molecular weight excluding hydrogens is 296 g/mol. The Morgan fingerprint density at radius 2 is 2.12 bits per heavy atom. The predicted molar refractivity (Wildman–Crippen MR) is 59.4 cm³/mol. The molecule has 0 amide bonds. The van der Waals surface area contributed by atoms with Gasteiger partial charge in [-0.15, -0.1) is 0 Å². The molecule has 0 saturated heterocycles. The number of phenolic OH excluding ortho intramolecular Hbond substituents is 1. The minimum atomic E-state index is -1.17. The van der Waals surface area contributed by atoms with Crippen molar-refractivity contribution in [1.82, 2.24) is 0 Å². The first-order chi connectivity index (χ1) is 8.02. The van der Waals surface area contributed by atoms with Gasteiger partial charge in [0.05, 0.1) is 10.0 Å². The number of phenols is 1. The van der Waals surface area contributed by atoms with E-state index in [-0.39, 0.29) is 10.0 Å². The van der Waals surface area contributed by atoms with Gasteiger partial charge in [0.15, 0.2) is 11.6 Å². The third kappa shape index (κ3) is 1.77. The molecule has 1 aliphatic rings. The van der Waals surface area contributed by atoms with Crippen molar-refractivity contribution in [1.29, 1.82) is 0 Å². The molecule has 3 nitrogen and oxygen atoms in total. The molecule has 0 spiro atoms. The maximum atomic E-state index is 13.9. The van der Waals surface area contributed by atoms with Gasteiger partial charge in [-0.05, 0) is 41.3 Å². The van der Waals surface area contributed by atoms with Crippen LogP contribution in [0.1, 0.15) is 24.8 Å². The molecule has 1 aromatic carbocycles. The zero-order chi connectivity index (χ0) is 12.6. The highest BCUT2D eigenvalue weighted by Gasteiger charge is 2.44. The summed E-state index contributed by atoms with van der Waals surface area (Å²) in [6.07, 6.45) is 2.88. The Morgan fingerprint density at radius 1 is 1.47 bits per heavy atom. The molecular formula is C11H8BrF2NO2. The van der Waals surface area contributed by atoms with Crippen LogP contribution in [-0.2, 0) is 10.3 Å². The van der Waals surface area contributed by atoms with Gasteiger partial charge in [-0.25, -0.2) is 13.6 Å². The van der Waals surface area contributed by atoms with Crippen molar-refractivity contribution in [2.24, 2.45) is 4.99 Å². The van der Waals surface area contributed by atoms with Crippen LogP contribution in [0.15, 0.2) is 15.5 Å². The highest BCUT2D eigenvalue weighted by molar-refractivity contribution is 9.10. The molecule has 90 valence electrons. The predicted octanol–water partition coefficient (Wildman–Crippen LogP) is 3.15. The van der Waals surface area contributed by atoms with Crippen molar-refractivity contribution in [2.75, 3.05) is 0 Å². The molecule has 1 aliphatic carbocycles. The Morgan fingerprint density at radius 3 is 2.59 bits per heavy atom. The van der Waals surface area contributed by atoms with Crippen molar-refractivity contribution < 1.29 is 18.7 Å². The van der Waals surface area contributed by atoms with E-state index in [9.17, 15) is 18.7 Å². The van der Waals surface area contributed by atoms with Crippen molar-refractivity contribution in [2.45, 2.75) is 24.8 Å². The van der Waals surface area contributed by atoms with E-state index in [1.807, 2.05) is 0 Å². The van der Waals surface area contributed by atoms with Gasteiger partial charge in [0.1, 0.15) is 11.4 Å². The highest BCUT2D eigenvalue weighted by atomic mass is 79.9. The van der Waals surface area contributed by atoms with E-state index in [1.165, 1.54) is 6.08 Å². The Labute approximate surface area is 104 Å². The summed E-state index contributed by atoms with van der Waals surface area (Å²) < 4.78 is 27.2. The Kier molecular flexibility index (Phi) is 3.02. The average molecular weight is 304 g/mol. The minimum Gasteiger partial charge on any atom is -0.504 e. The maximum Gasteiger partial charge on any atom is 0.235 e. The average Bonchev–Trinajstić information content (AvgIpc) is 2.23. The van der Waals surface area contributed by atoms with E-state index in [0.717, 1.165) is 12.5 Å². The van der Waals surface area contributed by atoms with Crippen LogP contribution in [-0.4, -0.2) is 11.2 Å². The fourth-order valence-electron chi connectivity index (χ4n) is 2.03. The smallest absolute Gasteiger partial charge is 0.235 e. The number of isocyanates is 1. The van der Waals surface area contributed by atoms with Crippen LogP contribution >= 0.6 is 15.9 Å². The number of benzene rings is 1. The van der Waals surface area contributed by atoms with Gasteiger partial charge in [0.25, 0.3) is 0 Å². The number of hydrogen-bond acceptors (Lipinski definition) is 3. The van der Waals surface area contributed by atoms with Gasteiger partial charge in [0, 0.05) is 0 Å². The second kappa shape index (κ2) is 4.20. The molecule has 6 heteroatoms. The first-order valence-corrected chi connectivity index (χ1v) is 5.77. The topological polar surface area (TPSA) is 49.7 Å². The van der Waals surface area contributed by atoms with Gasteiger partial charge in [-0.2, -0.15) is 4.99 Å². The Bertz CT molecular complexity index is 496. The molecule has 1 aromatic rings. The van der Waals surface area contributed by atoms with Crippen molar-refractivity contribution >= 4 is 22.0 Å². The molecule has 0 aromatic heterocycles. The summed E-state index contributed by atoms with van der Waals surface area (Å²) in [5.41, 5.74) is -1.43. The lowest BCUT2D eigenvalue weighted by molar-refractivity contribution is 0.235. The number of carbonyl (C=O) groups excluding carboxylic acids is 1. The SMILES string of the molecule is O=C=NC1(c2c(O)c(F)cc(Br)c2F)CCC1. The van der Waals surface area contributed by atoms with Crippen LogP contribution in [0, 0.1) is 11.6 Å². The third-order valence-electron chi connectivity index (χ3n) is 3.05. The van der Waals surface area contributed by atoms with Crippen molar-refractivity contribution in [3.8, 4) is 5.75 Å². The van der Waals surface area contributed by atoms with Crippen molar-refractivity contribution in [3.05, 3.63) is 27.7 Å². The number of rotatable bonds is 2. The molecule has 0 radical (unpaired) electrons. The van der Waals surface area contributed by atoms with Crippen LogP contribution in [0.25, 0.3) is 0 Å². The molecule has 0 bridgehead atoms. The largest absolute Gasteiger partial charge is 0.504 e. The Balaban J connectivity index is 2.69. The van der Waals surface area contributed by atoms with Gasteiger partial charge in [-0.1, -0.05) is 0 Å². The van der Waals surface area contributed by atoms with Crippen molar-refractivity contribution in [3.63, 3.8) is 0 Å². The lowest BCUT2D eigenvalue weighted by Gasteiger charge is -2.37. The van der Waals surface area contributed by atoms with Crippen LogP contribution in [0.5, 0.6) is 5.75 Å². The van der Waals surface area contributed by atoms with Crippen LogP contribution in [0.3, 0.4) is 0 Å². The van der Waals surface area contributed by atoms with E-state index in [2.05, 4.69) is 20.9 Å². The first kappa shape index (κ1) is 12.2. The maximum absolute atomic E-state index is 13.9. The van der Waals surface area contributed by atoms with Gasteiger partial charge >= 0.3 is 0 Å². The fraction of sp³-hybridized carbons (Fsp3) is 0.364. The number of aromatic hydroxyl groups is 1. The van der Waals surface area contributed by atoms with Crippen LogP contribution in [0.4, 0.5) is 8.78 Å². The summed E-state index contributed by atoms with van der Waals surface area (Å²) in [5, 5.41) is 9.60. The molecule has 2 rings (SSSR count). The van der Waals surface area contributed by atoms with Crippen LogP contribution in [0.2, 0.25) is 0 Å². The van der Waals surface area contributed by atoms with E-state index in [1.54, 1.807) is 0 Å². The monoisotopic (exact) mass is 303 g/mol. The molecule has 1 fully saturated rings. The Hall–Kier alpha value is -1.26. The van der Waals surface area contributed by atoms with E-state index in [0.29, 0.717) is 12.8 Å². The van der Waals surface area contributed by atoms with Crippen LogP contribution < -0.4 is 0 Å². The molecule has 1 saturated carbocycles. The minimum absolute atomic E-state index is 0.102. The molecule has 0 atom stereocenters. The molecule has 17 heavy (non-hydrogen) atoms. The quantitative estimate of drug-likeness (QED) is 0.518. The van der Waals surface area contributed by atoms with Gasteiger partial charge in [0.2, 0.25) is 6.08 Å². The van der Waals surface area contributed by atoms with E-state index in [4.69, 9.17) is 0 Å². The summed E-state index contributed by atoms with van der Waals surface area (Å²) in [7, 11) is 0. The highest BCUT2D eigenvalue weighted by Crippen LogP contribution is 2.50. The summed E-state index contributed by atoms with van der Waals surface area (Å²) >= 11 is 2.86. The van der Waals surface area contributed by atoms with E-state index >= 15 is 0 Å². The molecule has 1 N–H and O–H groups in total. The van der Waals surface area contributed by atoms with Gasteiger partial charge < -0.3 is 5.11 Å². The lowest BCUT2D eigenvalue weighted by atomic mass is 9.72.